The van der Waals surface area contributed by atoms with Gasteiger partial charge in [-0.05, 0) is 30.2 Å². The van der Waals surface area contributed by atoms with Crippen LogP contribution in [0.5, 0.6) is 11.5 Å². The number of hydrogen-bond acceptors (Lipinski definition) is 5. The number of hydrogen-bond donors (Lipinski definition) is 2. The van der Waals surface area contributed by atoms with Crippen LogP contribution in [0.3, 0.4) is 0 Å². The van der Waals surface area contributed by atoms with Gasteiger partial charge in [0.15, 0.2) is 11.5 Å². The smallest absolute Gasteiger partial charge is 0.387 e. The van der Waals surface area contributed by atoms with Gasteiger partial charge in [-0.25, -0.2) is 4.79 Å². The van der Waals surface area contributed by atoms with Crippen molar-refractivity contribution in [2.45, 2.75) is 25.5 Å². The van der Waals surface area contributed by atoms with Crippen LogP contribution in [0.2, 0.25) is 0 Å². The van der Waals surface area contributed by atoms with E-state index in [1.54, 1.807) is 37.3 Å². The molecular weight excluding hydrogens is 400 g/mol. The molecule has 1 unspecified atom stereocenters. The fourth-order valence-corrected chi connectivity index (χ4v) is 3.21. The number of hydrazine groups is 1. The lowest BCUT2D eigenvalue weighted by Crippen LogP contribution is -2.48. The number of ether oxygens (including phenoxy) is 2. The minimum atomic E-state index is -3.07. The third-order valence-corrected chi connectivity index (χ3v) is 4.74. The summed E-state index contributed by atoms with van der Waals surface area (Å²) in [5.41, 5.74) is 1.50. The monoisotopic (exact) mass is 419 g/mol. The van der Waals surface area contributed by atoms with E-state index < -0.39 is 30.0 Å². The molecule has 0 saturated carbocycles. The summed E-state index contributed by atoms with van der Waals surface area (Å²) < 4.78 is 34.2. The van der Waals surface area contributed by atoms with E-state index in [9.17, 15) is 23.2 Å². The number of imide groups is 1. The zero-order valence-electron chi connectivity index (χ0n) is 16.1. The second-order valence-electron chi connectivity index (χ2n) is 6.38. The van der Waals surface area contributed by atoms with Crippen LogP contribution in [-0.2, 0) is 10.3 Å². The van der Waals surface area contributed by atoms with Crippen molar-refractivity contribution >= 4 is 17.8 Å². The standard InChI is InChI=1S/C20H19F2N3O5/c1-3-20(13-7-5-4-6-8-13)17(27)25(19(28)23-20)24-16(26)12-9-10-14(30-18(21)22)15(11-12)29-2/h4-11,18H,3H2,1-2H3,(H,23,28)(H,24,26). The van der Waals surface area contributed by atoms with Gasteiger partial charge in [0.25, 0.3) is 11.8 Å². The van der Waals surface area contributed by atoms with E-state index in [-0.39, 0.29) is 23.5 Å². The average Bonchev–Trinajstić information content (AvgIpc) is 2.99. The van der Waals surface area contributed by atoms with Crippen molar-refractivity contribution in [3.8, 4) is 11.5 Å². The van der Waals surface area contributed by atoms with Crippen molar-refractivity contribution in [1.82, 2.24) is 15.8 Å². The van der Waals surface area contributed by atoms with Crippen molar-refractivity contribution in [2.75, 3.05) is 7.11 Å². The Kier molecular flexibility index (Phi) is 5.86. The maximum Gasteiger partial charge on any atom is 0.387 e. The van der Waals surface area contributed by atoms with Crippen LogP contribution in [0.15, 0.2) is 48.5 Å². The fourth-order valence-electron chi connectivity index (χ4n) is 3.21. The molecule has 0 aliphatic carbocycles. The van der Waals surface area contributed by atoms with Crippen molar-refractivity contribution < 1.29 is 32.6 Å². The van der Waals surface area contributed by atoms with Crippen molar-refractivity contribution in [2.24, 2.45) is 0 Å². The Hall–Kier alpha value is -3.69. The molecule has 1 atom stereocenters. The number of methoxy groups -OCH3 is 1. The van der Waals surface area contributed by atoms with Gasteiger partial charge >= 0.3 is 12.6 Å². The van der Waals surface area contributed by atoms with E-state index in [2.05, 4.69) is 15.5 Å². The van der Waals surface area contributed by atoms with E-state index in [0.717, 1.165) is 12.1 Å². The zero-order valence-corrected chi connectivity index (χ0v) is 16.1. The summed E-state index contributed by atoms with van der Waals surface area (Å²) >= 11 is 0. The minimum Gasteiger partial charge on any atom is -0.493 e. The molecule has 2 aromatic rings. The first-order chi connectivity index (χ1) is 14.3. The SMILES string of the molecule is CCC1(c2ccccc2)NC(=O)N(NC(=O)c2ccc(OC(F)F)c(OC)c2)C1=O. The highest BCUT2D eigenvalue weighted by atomic mass is 19.3. The van der Waals surface area contributed by atoms with Gasteiger partial charge in [-0.15, -0.1) is 0 Å². The number of amides is 4. The average molecular weight is 419 g/mol. The van der Waals surface area contributed by atoms with Gasteiger partial charge in [0.2, 0.25) is 0 Å². The third-order valence-electron chi connectivity index (χ3n) is 4.74. The van der Waals surface area contributed by atoms with Crippen LogP contribution in [0.1, 0.15) is 29.3 Å². The van der Waals surface area contributed by atoms with E-state index >= 15 is 0 Å². The lowest BCUT2D eigenvalue weighted by molar-refractivity contribution is -0.133. The van der Waals surface area contributed by atoms with Gasteiger partial charge in [0.1, 0.15) is 5.54 Å². The first-order valence-corrected chi connectivity index (χ1v) is 8.98. The Morgan fingerprint density at radius 2 is 1.87 bits per heavy atom. The summed E-state index contributed by atoms with van der Waals surface area (Å²) in [6.45, 7) is -1.33. The van der Waals surface area contributed by atoms with Crippen molar-refractivity contribution in [1.29, 1.82) is 0 Å². The quantitative estimate of drug-likeness (QED) is 0.673. The number of nitrogens with zero attached hydrogens (tertiary/aromatic N) is 1. The molecule has 2 aromatic carbocycles. The zero-order chi connectivity index (χ0) is 21.9. The van der Waals surface area contributed by atoms with Gasteiger partial charge in [-0.3, -0.25) is 15.0 Å². The molecule has 0 spiro atoms. The van der Waals surface area contributed by atoms with Crippen molar-refractivity contribution in [3.63, 3.8) is 0 Å². The summed E-state index contributed by atoms with van der Waals surface area (Å²) in [6.07, 6.45) is 0.265. The van der Waals surface area contributed by atoms with E-state index in [1.807, 2.05) is 0 Å². The van der Waals surface area contributed by atoms with Gasteiger partial charge in [0, 0.05) is 5.56 Å². The second kappa shape index (κ2) is 8.36. The predicted molar refractivity (Wildman–Crippen MR) is 101 cm³/mol. The molecule has 1 fully saturated rings. The molecule has 10 heteroatoms. The molecule has 2 N–H and O–H groups in total. The number of alkyl halides is 2. The van der Waals surface area contributed by atoms with Gasteiger partial charge in [-0.1, -0.05) is 37.3 Å². The number of halogens is 2. The van der Waals surface area contributed by atoms with Crippen LogP contribution in [0, 0.1) is 0 Å². The number of benzene rings is 2. The van der Waals surface area contributed by atoms with Crippen LogP contribution in [0.4, 0.5) is 13.6 Å². The highest BCUT2D eigenvalue weighted by Crippen LogP contribution is 2.32. The summed E-state index contributed by atoms with van der Waals surface area (Å²) in [5.74, 6) is -1.81. The lowest BCUT2D eigenvalue weighted by Gasteiger charge is -2.25. The largest absolute Gasteiger partial charge is 0.493 e. The predicted octanol–water partition coefficient (Wildman–Crippen LogP) is 2.80. The van der Waals surface area contributed by atoms with Crippen LogP contribution >= 0.6 is 0 Å². The Bertz CT molecular complexity index is 970. The van der Waals surface area contributed by atoms with E-state index in [1.165, 1.54) is 13.2 Å². The molecule has 8 nitrogen and oxygen atoms in total. The number of carbonyl (C=O) groups is 3. The maximum atomic E-state index is 13.0. The van der Waals surface area contributed by atoms with Crippen molar-refractivity contribution in [3.05, 3.63) is 59.7 Å². The highest BCUT2D eigenvalue weighted by Gasteiger charge is 2.52. The van der Waals surface area contributed by atoms with Crippen LogP contribution in [0.25, 0.3) is 0 Å². The summed E-state index contributed by atoms with van der Waals surface area (Å²) in [5, 5.41) is 3.24. The first-order valence-electron chi connectivity index (χ1n) is 8.98. The number of carbonyl (C=O) groups excluding carboxylic acids is 3. The molecule has 3 rings (SSSR count). The molecule has 30 heavy (non-hydrogen) atoms. The van der Waals surface area contributed by atoms with Gasteiger partial charge in [0.05, 0.1) is 7.11 Å². The number of rotatable bonds is 7. The molecular formula is C20H19F2N3O5. The Morgan fingerprint density at radius 1 is 1.17 bits per heavy atom. The molecule has 4 amide bonds. The first kappa shape index (κ1) is 21.0. The summed E-state index contributed by atoms with van der Waals surface area (Å²) in [4.78, 5) is 38.1. The molecule has 1 saturated heterocycles. The van der Waals surface area contributed by atoms with Gasteiger partial charge < -0.3 is 14.8 Å². The molecule has 0 aromatic heterocycles. The minimum absolute atomic E-state index is 0.0252. The third kappa shape index (κ3) is 3.76. The number of nitrogens with one attached hydrogen (secondary N) is 2. The molecule has 1 aliphatic rings. The Labute approximate surface area is 170 Å². The Balaban J connectivity index is 1.83. The van der Waals surface area contributed by atoms with Crippen LogP contribution < -0.4 is 20.2 Å². The van der Waals surface area contributed by atoms with Crippen LogP contribution in [-0.4, -0.2) is 36.6 Å². The molecule has 158 valence electrons. The molecule has 1 heterocycles. The lowest BCUT2D eigenvalue weighted by atomic mass is 9.87. The fraction of sp³-hybridized carbons (Fsp3) is 0.250. The normalized spacial score (nSPS) is 18.4. The summed E-state index contributed by atoms with van der Waals surface area (Å²) in [7, 11) is 1.22. The van der Waals surface area contributed by atoms with Gasteiger partial charge in [-0.2, -0.15) is 13.8 Å². The molecule has 0 bridgehead atoms. The maximum absolute atomic E-state index is 13.0. The highest BCUT2D eigenvalue weighted by molar-refractivity contribution is 6.09. The molecule has 0 radical (unpaired) electrons. The number of urea groups is 1. The topological polar surface area (TPSA) is 97.0 Å². The second-order valence-corrected chi connectivity index (χ2v) is 6.38. The summed E-state index contributed by atoms with van der Waals surface area (Å²) in [6, 6.07) is 11.4. The Morgan fingerprint density at radius 3 is 2.47 bits per heavy atom. The molecule has 1 aliphatic heterocycles. The van der Waals surface area contributed by atoms with E-state index in [0.29, 0.717) is 10.6 Å². The van der Waals surface area contributed by atoms with E-state index in [4.69, 9.17) is 4.74 Å².